The minimum Gasteiger partial charge on any atom is -0.307 e. The Bertz CT molecular complexity index is 1150. The number of hydrogen-bond acceptors (Lipinski definition) is 4. The van der Waals surface area contributed by atoms with Crippen molar-refractivity contribution in [1.82, 2.24) is 9.78 Å². The summed E-state index contributed by atoms with van der Waals surface area (Å²) in [5, 5.41) is 7.21. The molecule has 156 valence electrons. The third kappa shape index (κ3) is 4.57. The lowest BCUT2D eigenvalue weighted by atomic mass is 10.2. The summed E-state index contributed by atoms with van der Waals surface area (Å²) in [6, 6.07) is 14.8. The Morgan fingerprint density at radius 3 is 2.53 bits per heavy atom. The van der Waals surface area contributed by atoms with Gasteiger partial charge in [0, 0.05) is 21.8 Å². The Morgan fingerprint density at radius 1 is 1.07 bits per heavy atom. The highest BCUT2D eigenvalue weighted by molar-refractivity contribution is 9.10. The van der Waals surface area contributed by atoms with E-state index in [9.17, 15) is 13.2 Å². The molecular weight excluding hydrogens is 468 g/mol. The first-order chi connectivity index (χ1) is 14.4. The van der Waals surface area contributed by atoms with Crippen LogP contribution in [0.15, 0.2) is 70.2 Å². The zero-order chi connectivity index (χ0) is 21.1. The molecule has 30 heavy (non-hydrogen) atoms. The highest BCUT2D eigenvalue weighted by Gasteiger charge is 2.21. The summed E-state index contributed by atoms with van der Waals surface area (Å²) in [4.78, 5) is 12.8. The van der Waals surface area contributed by atoms with E-state index in [2.05, 4.69) is 31.1 Å². The van der Waals surface area contributed by atoms with Crippen molar-refractivity contribution in [2.45, 2.75) is 36.6 Å². The van der Waals surface area contributed by atoms with Crippen LogP contribution >= 0.6 is 15.9 Å². The van der Waals surface area contributed by atoms with Gasteiger partial charge in [0.2, 0.25) is 0 Å². The predicted octanol–water partition coefficient (Wildman–Crippen LogP) is 4.81. The van der Waals surface area contributed by atoms with Gasteiger partial charge in [0.15, 0.2) is 0 Å². The molecule has 0 atom stereocenters. The van der Waals surface area contributed by atoms with Gasteiger partial charge in [0.1, 0.15) is 5.82 Å². The molecule has 0 bridgehead atoms. The zero-order valence-corrected chi connectivity index (χ0v) is 18.5. The van der Waals surface area contributed by atoms with Gasteiger partial charge in [-0.25, -0.2) is 13.1 Å². The van der Waals surface area contributed by atoms with E-state index in [1.807, 2.05) is 4.68 Å². The van der Waals surface area contributed by atoms with Crippen LogP contribution in [0.5, 0.6) is 0 Å². The fraction of sp³-hybridized carbons (Fsp3) is 0.238. The van der Waals surface area contributed by atoms with Gasteiger partial charge in [0.25, 0.3) is 15.9 Å². The normalized spacial score (nSPS) is 14.6. The van der Waals surface area contributed by atoms with Gasteiger partial charge in [-0.1, -0.05) is 34.8 Å². The van der Waals surface area contributed by atoms with Crippen molar-refractivity contribution >= 4 is 43.4 Å². The lowest BCUT2D eigenvalue weighted by molar-refractivity contribution is 0.102. The molecule has 1 saturated carbocycles. The number of sulfonamides is 1. The molecule has 1 amide bonds. The number of carbonyl (C=O) groups is 1. The van der Waals surface area contributed by atoms with Crippen LogP contribution < -0.4 is 10.0 Å². The molecule has 2 aromatic carbocycles. The average Bonchev–Trinajstić information content (AvgIpc) is 3.41. The molecule has 0 aliphatic heterocycles. The van der Waals surface area contributed by atoms with Crippen LogP contribution in [-0.4, -0.2) is 24.1 Å². The van der Waals surface area contributed by atoms with Gasteiger partial charge in [-0.2, -0.15) is 5.10 Å². The highest BCUT2D eigenvalue weighted by Crippen LogP contribution is 2.31. The summed E-state index contributed by atoms with van der Waals surface area (Å²) < 4.78 is 30.7. The lowest BCUT2D eigenvalue weighted by Gasteiger charge is -2.15. The molecule has 2 N–H and O–H groups in total. The maximum Gasteiger partial charge on any atom is 0.261 e. The Hall–Kier alpha value is -2.65. The van der Waals surface area contributed by atoms with Gasteiger partial charge < -0.3 is 5.32 Å². The maximum absolute atomic E-state index is 12.8. The largest absolute Gasteiger partial charge is 0.307 e. The van der Waals surface area contributed by atoms with Crippen molar-refractivity contribution in [3.8, 4) is 0 Å². The van der Waals surface area contributed by atoms with Gasteiger partial charge in [-0.3, -0.25) is 9.52 Å². The lowest BCUT2D eigenvalue weighted by Crippen LogP contribution is -2.18. The number of amides is 1. The molecular formula is C21H21BrN4O3S. The molecule has 0 saturated heterocycles. The molecule has 1 aliphatic carbocycles. The fourth-order valence-electron chi connectivity index (χ4n) is 3.58. The molecule has 9 heteroatoms. The molecule has 0 radical (unpaired) electrons. The van der Waals surface area contributed by atoms with Crippen molar-refractivity contribution in [2.75, 3.05) is 10.0 Å². The van der Waals surface area contributed by atoms with E-state index in [0.717, 1.165) is 30.2 Å². The third-order valence-corrected chi connectivity index (χ3v) is 6.99. The van der Waals surface area contributed by atoms with Crippen LogP contribution in [0.3, 0.4) is 0 Å². The number of nitrogens with one attached hydrogen (secondary N) is 2. The third-order valence-electron chi connectivity index (χ3n) is 5.09. The number of aromatic nitrogens is 2. The monoisotopic (exact) mass is 488 g/mol. The molecule has 0 unspecified atom stereocenters. The van der Waals surface area contributed by atoms with E-state index in [1.54, 1.807) is 48.7 Å². The minimum absolute atomic E-state index is 0.0161. The van der Waals surface area contributed by atoms with E-state index in [-0.39, 0.29) is 22.4 Å². The van der Waals surface area contributed by atoms with E-state index < -0.39 is 10.0 Å². The SMILES string of the molecule is O=C(Nc1ccnn1C1CCCC1)c1cccc(S(=O)(=O)Nc2ccc(Br)cc2)c1. The summed E-state index contributed by atoms with van der Waals surface area (Å²) in [6.45, 7) is 0. The number of anilines is 2. The van der Waals surface area contributed by atoms with Gasteiger partial charge >= 0.3 is 0 Å². The average molecular weight is 489 g/mol. The molecule has 0 spiro atoms. The first-order valence-corrected chi connectivity index (χ1v) is 11.9. The van der Waals surface area contributed by atoms with Crippen molar-refractivity contribution < 1.29 is 13.2 Å². The van der Waals surface area contributed by atoms with Crippen molar-refractivity contribution in [1.29, 1.82) is 0 Å². The molecule has 4 rings (SSSR count). The topological polar surface area (TPSA) is 93.1 Å². The maximum atomic E-state index is 12.8. The van der Waals surface area contributed by atoms with Gasteiger partial charge in [0.05, 0.1) is 17.1 Å². The van der Waals surface area contributed by atoms with Crippen LogP contribution in [0.2, 0.25) is 0 Å². The van der Waals surface area contributed by atoms with Gasteiger partial charge in [-0.05, 0) is 55.3 Å². The second kappa shape index (κ2) is 8.61. The second-order valence-electron chi connectivity index (χ2n) is 7.19. The van der Waals surface area contributed by atoms with Crippen LogP contribution in [0.25, 0.3) is 0 Å². The summed E-state index contributed by atoms with van der Waals surface area (Å²) in [5.41, 5.74) is 0.696. The Balaban J connectivity index is 1.52. The Morgan fingerprint density at radius 2 is 1.80 bits per heavy atom. The van der Waals surface area contributed by atoms with E-state index >= 15 is 0 Å². The van der Waals surface area contributed by atoms with Crippen molar-refractivity contribution in [3.05, 3.63) is 70.8 Å². The molecule has 1 fully saturated rings. The summed E-state index contributed by atoms with van der Waals surface area (Å²) >= 11 is 3.32. The molecule has 1 aromatic heterocycles. The molecule has 1 heterocycles. The number of carbonyl (C=O) groups excluding carboxylic acids is 1. The standard InChI is InChI=1S/C21H21BrN4O3S/c22-16-8-10-17(11-9-16)25-30(28,29)19-7-3-4-15(14-19)21(27)24-20-12-13-23-26(20)18-5-1-2-6-18/h3-4,7-14,18,25H,1-2,5-6H2,(H,24,27). The van der Waals surface area contributed by atoms with E-state index in [0.29, 0.717) is 11.5 Å². The van der Waals surface area contributed by atoms with Crippen molar-refractivity contribution in [2.24, 2.45) is 0 Å². The predicted molar refractivity (Wildman–Crippen MR) is 119 cm³/mol. The summed E-state index contributed by atoms with van der Waals surface area (Å²) in [7, 11) is -3.83. The summed E-state index contributed by atoms with van der Waals surface area (Å²) in [6.07, 6.45) is 6.06. The number of benzene rings is 2. The zero-order valence-electron chi connectivity index (χ0n) is 16.1. The van der Waals surface area contributed by atoms with Crippen LogP contribution in [0.4, 0.5) is 11.5 Å². The minimum atomic E-state index is -3.83. The first kappa shape index (κ1) is 20.6. The van der Waals surface area contributed by atoms with Gasteiger partial charge in [-0.15, -0.1) is 0 Å². The first-order valence-electron chi connectivity index (χ1n) is 9.66. The summed E-state index contributed by atoms with van der Waals surface area (Å²) in [5.74, 6) is 0.239. The number of nitrogens with zero attached hydrogens (tertiary/aromatic N) is 2. The highest BCUT2D eigenvalue weighted by atomic mass is 79.9. The van der Waals surface area contributed by atoms with Crippen LogP contribution in [-0.2, 0) is 10.0 Å². The quantitative estimate of drug-likeness (QED) is 0.520. The molecule has 1 aliphatic rings. The molecule has 7 nitrogen and oxygen atoms in total. The second-order valence-corrected chi connectivity index (χ2v) is 9.79. The fourth-order valence-corrected chi connectivity index (χ4v) is 4.95. The number of hydrogen-bond donors (Lipinski definition) is 2. The Kier molecular flexibility index (Phi) is 5.92. The molecule has 3 aromatic rings. The van der Waals surface area contributed by atoms with E-state index in [1.165, 1.54) is 12.1 Å². The van der Waals surface area contributed by atoms with Crippen LogP contribution in [0, 0.1) is 0 Å². The van der Waals surface area contributed by atoms with Crippen molar-refractivity contribution in [3.63, 3.8) is 0 Å². The smallest absolute Gasteiger partial charge is 0.261 e. The number of rotatable bonds is 6. The number of halogens is 1. The van der Waals surface area contributed by atoms with Crippen LogP contribution in [0.1, 0.15) is 42.1 Å². The Labute approximate surface area is 183 Å². The van der Waals surface area contributed by atoms with E-state index in [4.69, 9.17) is 0 Å².